The Morgan fingerprint density at radius 2 is 1.77 bits per heavy atom. The number of sulfonamides is 1. The third-order valence-corrected chi connectivity index (χ3v) is 14.8. The quantitative estimate of drug-likeness (QED) is 0.243. The number of likely N-dealkylation sites (tertiary alicyclic amines) is 1. The van der Waals surface area contributed by atoms with Gasteiger partial charge in [-0.25, -0.2) is 13.4 Å². The van der Waals surface area contributed by atoms with Gasteiger partial charge in [-0.1, -0.05) is 55.3 Å². The van der Waals surface area contributed by atoms with Crippen LogP contribution in [0.15, 0.2) is 66.7 Å². The lowest BCUT2D eigenvalue weighted by atomic mass is 9.93. The molecule has 0 bridgehead atoms. The molecule has 1 unspecified atom stereocenters. The fourth-order valence-electron chi connectivity index (χ4n) is 9.13. The normalized spacial score (nSPS) is 27.3. The molecule has 2 aliphatic carbocycles. The van der Waals surface area contributed by atoms with Crippen molar-refractivity contribution in [2.24, 2.45) is 17.8 Å². The van der Waals surface area contributed by atoms with Crippen molar-refractivity contribution in [2.45, 2.75) is 106 Å². The van der Waals surface area contributed by atoms with E-state index in [0.29, 0.717) is 60.2 Å². The second-order valence-electron chi connectivity index (χ2n) is 17.4. The molecule has 3 aromatic rings. The number of halogens is 3. The Morgan fingerprint density at radius 1 is 0.984 bits per heavy atom. The van der Waals surface area contributed by atoms with Gasteiger partial charge in [-0.2, -0.15) is 13.2 Å². The molecule has 4 heterocycles. The number of alkyl halides is 3. The number of carbonyl (C=O) groups is 4. The summed E-state index contributed by atoms with van der Waals surface area (Å²) in [4.78, 5) is 64.6. The summed E-state index contributed by atoms with van der Waals surface area (Å²) in [5.41, 5.74) is 0.425. The largest absolute Gasteiger partial charge is 0.497 e. The predicted molar refractivity (Wildman–Crippen MR) is 223 cm³/mol. The number of allylic oxidation sites excluding steroid dienone is 1. The summed E-state index contributed by atoms with van der Waals surface area (Å²) in [5.74, 6) is -4.67. The molecule has 2 saturated heterocycles. The maximum absolute atomic E-state index is 14.9. The minimum atomic E-state index is -4.46. The highest BCUT2D eigenvalue weighted by Gasteiger charge is 2.62. The number of carbonyl (C=O) groups excluding carboxylic acids is 4. The number of hydrogen-bond acceptors (Lipinski definition) is 9. The molecule has 0 radical (unpaired) electrons. The highest BCUT2D eigenvalue weighted by Crippen LogP contribution is 2.46. The van der Waals surface area contributed by atoms with Crippen molar-refractivity contribution in [1.82, 2.24) is 24.8 Å². The molecule has 8 rings (SSSR count). The minimum Gasteiger partial charge on any atom is -0.497 e. The van der Waals surface area contributed by atoms with E-state index in [2.05, 4.69) is 10.0 Å². The third kappa shape index (κ3) is 9.42. The number of ether oxygens (including phenoxy) is 2. The number of nitrogens with one attached hydrogen (secondary N) is 2. The van der Waals surface area contributed by atoms with E-state index in [1.807, 2.05) is 48.6 Å². The van der Waals surface area contributed by atoms with Crippen LogP contribution in [0.1, 0.15) is 77.0 Å². The van der Waals surface area contributed by atoms with Gasteiger partial charge in [-0.3, -0.25) is 23.9 Å². The zero-order valence-corrected chi connectivity index (χ0v) is 35.4. The van der Waals surface area contributed by atoms with Crippen LogP contribution in [0.2, 0.25) is 0 Å². The molecule has 4 fully saturated rings. The van der Waals surface area contributed by atoms with Crippen LogP contribution < -0.4 is 19.5 Å². The Kier molecular flexibility index (Phi) is 12.3. The number of fused-ring (bicyclic) bond motifs is 3. The Balaban J connectivity index is 1.12. The monoisotopic (exact) mass is 879 g/mol. The number of pyridine rings is 1. The van der Waals surface area contributed by atoms with Crippen molar-refractivity contribution >= 4 is 44.6 Å². The molecule has 2 saturated carbocycles. The van der Waals surface area contributed by atoms with E-state index in [1.165, 1.54) is 9.80 Å². The lowest BCUT2D eigenvalue weighted by molar-refractivity contribution is -0.188. The van der Waals surface area contributed by atoms with Crippen molar-refractivity contribution in [3.8, 4) is 22.8 Å². The van der Waals surface area contributed by atoms with Crippen molar-refractivity contribution in [2.75, 3.05) is 26.7 Å². The van der Waals surface area contributed by atoms with E-state index >= 15 is 0 Å². The standard InChI is InChI=1S/C45H52F3N5O8S/c1-60-32-16-19-35-37(22-32)49-36(28-11-7-5-8-12-28)24-39(35)61-33-23-38-41(55)50-44(43(57)51-62(58,59)34-17-18-34)25-30(44)14-9-4-2-3-6-13-29(42(56)53(38)27-33)21-40(54)52-20-10-15-31(26-52)45(46,47)48/h5,7-9,11-12,14,16,19,22,24,29-31,33-34,38H,2-4,6,10,13,15,17-18,20-21,23,25-27H2,1H3,(H,50,55)(H,51,57)/t29-,30-,31?,33-,38+,44-/m1/s1. The molecule has 1 aromatic heterocycles. The molecule has 6 atom stereocenters. The molecule has 4 amide bonds. The number of aromatic nitrogens is 1. The number of benzene rings is 2. The molecule has 2 aromatic carbocycles. The first-order chi connectivity index (χ1) is 29.6. The van der Waals surface area contributed by atoms with Crippen LogP contribution in [0.4, 0.5) is 13.2 Å². The van der Waals surface area contributed by atoms with Gasteiger partial charge in [0.1, 0.15) is 29.2 Å². The average molecular weight is 880 g/mol. The third-order valence-electron chi connectivity index (χ3n) is 13.0. The number of hydrogen-bond donors (Lipinski definition) is 2. The van der Waals surface area contributed by atoms with Crippen molar-refractivity contribution in [1.29, 1.82) is 0 Å². The zero-order chi connectivity index (χ0) is 43.8. The molecular weight excluding hydrogens is 828 g/mol. The van der Waals surface area contributed by atoms with E-state index in [-0.39, 0.29) is 51.6 Å². The topological polar surface area (TPSA) is 164 Å². The molecule has 5 aliphatic rings. The maximum atomic E-state index is 14.9. The van der Waals surface area contributed by atoms with Crippen LogP contribution in [0.25, 0.3) is 22.2 Å². The molecule has 332 valence electrons. The SMILES string of the molecule is COc1ccc2c(O[C@@H]3C[C@H]4C(=O)N[C@]5(C(=O)NS(=O)(=O)C6CC6)C[C@H]5C=CCCCCC[C@H](CC(=O)N5CCCC(C(F)(F)F)C5)C(=O)N4C3)cc(-c3ccccc3)nc2c1. The second-order valence-corrected chi connectivity index (χ2v) is 19.3. The van der Waals surface area contributed by atoms with Crippen LogP contribution >= 0.6 is 0 Å². The van der Waals surface area contributed by atoms with Gasteiger partial charge >= 0.3 is 6.18 Å². The fraction of sp³-hybridized carbons (Fsp3) is 0.533. The van der Waals surface area contributed by atoms with E-state index in [9.17, 15) is 40.8 Å². The van der Waals surface area contributed by atoms with Gasteiger partial charge in [0, 0.05) is 60.8 Å². The summed E-state index contributed by atoms with van der Waals surface area (Å²) in [5, 5.41) is 2.84. The van der Waals surface area contributed by atoms with Gasteiger partial charge in [0.25, 0.3) is 5.91 Å². The van der Waals surface area contributed by atoms with Crippen molar-refractivity contribution in [3.63, 3.8) is 0 Å². The lowest BCUT2D eigenvalue weighted by Gasteiger charge is -2.35. The Morgan fingerprint density at radius 3 is 2.52 bits per heavy atom. The van der Waals surface area contributed by atoms with E-state index < -0.39 is 87.1 Å². The van der Waals surface area contributed by atoms with E-state index in [0.717, 1.165) is 12.0 Å². The minimum absolute atomic E-state index is 0.0170. The van der Waals surface area contributed by atoms with Crippen molar-refractivity contribution in [3.05, 3.63) is 66.7 Å². The van der Waals surface area contributed by atoms with Crippen LogP contribution in [-0.2, 0) is 29.2 Å². The summed E-state index contributed by atoms with van der Waals surface area (Å²) in [7, 11) is -2.41. The number of amides is 4. The molecule has 62 heavy (non-hydrogen) atoms. The van der Waals surface area contributed by atoms with Crippen LogP contribution in [0, 0.1) is 17.8 Å². The second kappa shape index (κ2) is 17.5. The lowest BCUT2D eigenvalue weighted by Crippen LogP contribution is -2.57. The maximum Gasteiger partial charge on any atom is 0.393 e. The highest BCUT2D eigenvalue weighted by molar-refractivity contribution is 7.91. The number of nitrogens with zero attached hydrogens (tertiary/aromatic N) is 3. The smallest absolute Gasteiger partial charge is 0.393 e. The van der Waals surface area contributed by atoms with Gasteiger partial charge in [-0.15, -0.1) is 0 Å². The molecule has 17 heteroatoms. The van der Waals surface area contributed by atoms with Gasteiger partial charge < -0.3 is 24.6 Å². The van der Waals surface area contributed by atoms with Gasteiger partial charge in [0.2, 0.25) is 27.7 Å². The van der Waals surface area contributed by atoms with E-state index in [1.54, 1.807) is 25.3 Å². The first-order valence-corrected chi connectivity index (χ1v) is 23.1. The van der Waals surface area contributed by atoms with Crippen molar-refractivity contribution < 1.29 is 50.2 Å². The Hall–Kier alpha value is -5.19. The molecular formula is C45H52F3N5O8S. The zero-order valence-electron chi connectivity index (χ0n) is 34.6. The van der Waals surface area contributed by atoms with E-state index in [4.69, 9.17) is 14.5 Å². The van der Waals surface area contributed by atoms with Crippen LogP contribution in [0.3, 0.4) is 0 Å². The highest BCUT2D eigenvalue weighted by atomic mass is 32.2. The summed E-state index contributed by atoms with van der Waals surface area (Å²) in [6.45, 7) is -0.402. The Bertz CT molecular complexity index is 2340. The molecule has 13 nitrogen and oxygen atoms in total. The average Bonchev–Trinajstić information content (AvgIpc) is 4.19. The van der Waals surface area contributed by atoms with Gasteiger partial charge in [0.15, 0.2) is 0 Å². The Labute approximate surface area is 358 Å². The number of methoxy groups -OCH3 is 1. The number of rotatable bonds is 9. The summed E-state index contributed by atoms with van der Waals surface area (Å²) < 4.78 is 81.6. The molecule has 3 aliphatic heterocycles. The summed E-state index contributed by atoms with van der Waals surface area (Å²) in [6, 6.07) is 15.4. The predicted octanol–water partition coefficient (Wildman–Crippen LogP) is 6.07. The molecule has 0 spiro atoms. The first-order valence-electron chi connectivity index (χ1n) is 21.6. The number of piperidine rings is 1. The van der Waals surface area contributed by atoms with Crippen LogP contribution in [0.5, 0.6) is 11.5 Å². The first kappa shape index (κ1) is 43.5. The summed E-state index contributed by atoms with van der Waals surface area (Å²) in [6.07, 6.45) is 2.16. The van der Waals surface area contributed by atoms with Crippen LogP contribution in [-0.4, -0.2) is 103 Å². The summed E-state index contributed by atoms with van der Waals surface area (Å²) >= 11 is 0. The fourth-order valence-corrected chi connectivity index (χ4v) is 10.5. The van der Waals surface area contributed by atoms with Gasteiger partial charge in [0.05, 0.1) is 36.0 Å². The molecule has 2 N–H and O–H groups in total. The van der Waals surface area contributed by atoms with Gasteiger partial charge in [-0.05, 0) is 63.5 Å².